The summed E-state index contributed by atoms with van der Waals surface area (Å²) in [5.41, 5.74) is 7.27. The minimum atomic E-state index is -0.568. The number of carbonyl (C=O) groups is 2. The van der Waals surface area contributed by atoms with Gasteiger partial charge in [-0.25, -0.2) is 14.4 Å². The molecule has 0 saturated heterocycles. The number of hydrogen-bond donors (Lipinski definition) is 3. The quantitative estimate of drug-likeness (QED) is 0.595. The standard InChI is InChI=1S/C20H17ClFN5O2/c1-24-20(29)17-18(23)25-10-15(27-17)11-4-2-5-12(8-11)19(28)26-9-13-6-3-7-14(21)16(13)22/h2-8,10H,9H2,1H3,(H2,23,25)(H,24,29)(H,26,28). The van der Waals surface area contributed by atoms with Gasteiger partial charge in [-0.15, -0.1) is 0 Å². The van der Waals surface area contributed by atoms with E-state index in [1.54, 1.807) is 36.4 Å². The molecule has 0 aliphatic rings. The molecule has 0 atom stereocenters. The van der Waals surface area contributed by atoms with Crippen LogP contribution in [0.2, 0.25) is 5.02 Å². The van der Waals surface area contributed by atoms with E-state index < -0.39 is 17.6 Å². The van der Waals surface area contributed by atoms with Gasteiger partial charge in [-0.3, -0.25) is 9.59 Å². The van der Waals surface area contributed by atoms with Crippen LogP contribution in [0.3, 0.4) is 0 Å². The number of amides is 2. The third-order valence-corrected chi connectivity index (χ3v) is 4.43. The Labute approximate surface area is 171 Å². The summed E-state index contributed by atoms with van der Waals surface area (Å²) >= 11 is 5.75. The highest BCUT2D eigenvalue weighted by atomic mass is 35.5. The molecular weight excluding hydrogens is 397 g/mol. The first kappa shape index (κ1) is 20.2. The summed E-state index contributed by atoms with van der Waals surface area (Å²) in [6.45, 7) is -0.0159. The monoisotopic (exact) mass is 413 g/mol. The van der Waals surface area contributed by atoms with Crippen molar-refractivity contribution in [1.82, 2.24) is 20.6 Å². The molecule has 0 bridgehead atoms. The fourth-order valence-electron chi connectivity index (χ4n) is 2.61. The maximum Gasteiger partial charge on any atom is 0.273 e. The van der Waals surface area contributed by atoms with Crippen LogP contribution in [0, 0.1) is 5.82 Å². The predicted molar refractivity (Wildman–Crippen MR) is 108 cm³/mol. The Balaban J connectivity index is 1.81. The molecule has 29 heavy (non-hydrogen) atoms. The molecule has 3 aromatic rings. The Morgan fingerprint density at radius 1 is 1.17 bits per heavy atom. The van der Waals surface area contributed by atoms with Crippen LogP contribution in [0.5, 0.6) is 0 Å². The first-order valence-corrected chi connectivity index (χ1v) is 8.94. The van der Waals surface area contributed by atoms with Gasteiger partial charge >= 0.3 is 0 Å². The fourth-order valence-corrected chi connectivity index (χ4v) is 2.80. The number of nitrogen functional groups attached to an aromatic ring is 1. The van der Waals surface area contributed by atoms with E-state index in [4.69, 9.17) is 17.3 Å². The Bertz CT molecular complexity index is 1090. The van der Waals surface area contributed by atoms with Crippen LogP contribution in [0.4, 0.5) is 10.2 Å². The molecule has 0 aliphatic heterocycles. The average Bonchev–Trinajstić information content (AvgIpc) is 2.74. The molecule has 4 N–H and O–H groups in total. The van der Waals surface area contributed by atoms with Gasteiger partial charge in [-0.05, 0) is 18.2 Å². The highest BCUT2D eigenvalue weighted by molar-refractivity contribution is 6.30. The Hall–Kier alpha value is -3.52. The topological polar surface area (TPSA) is 110 Å². The number of aromatic nitrogens is 2. The molecule has 0 spiro atoms. The Morgan fingerprint density at radius 2 is 1.93 bits per heavy atom. The molecule has 1 aromatic heterocycles. The highest BCUT2D eigenvalue weighted by Crippen LogP contribution is 2.21. The molecule has 0 aliphatic carbocycles. The van der Waals surface area contributed by atoms with Crippen molar-refractivity contribution in [1.29, 1.82) is 0 Å². The summed E-state index contributed by atoms with van der Waals surface area (Å²) in [7, 11) is 1.46. The van der Waals surface area contributed by atoms with Gasteiger partial charge in [0.15, 0.2) is 11.5 Å². The third kappa shape index (κ3) is 4.49. The summed E-state index contributed by atoms with van der Waals surface area (Å²) in [5.74, 6) is -1.43. The number of halogens is 2. The van der Waals surface area contributed by atoms with E-state index in [1.165, 1.54) is 19.3 Å². The number of benzene rings is 2. The number of nitrogens with two attached hydrogens (primary N) is 1. The lowest BCUT2D eigenvalue weighted by atomic mass is 10.1. The van der Waals surface area contributed by atoms with Crippen molar-refractivity contribution in [2.24, 2.45) is 0 Å². The van der Waals surface area contributed by atoms with Crippen LogP contribution in [0.25, 0.3) is 11.3 Å². The third-order valence-electron chi connectivity index (χ3n) is 4.13. The molecule has 3 rings (SSSR count). The number of hydrogen-bond acceptors (Lipinski definition) is 5. The second-order valence-corrected chi connectivity index (χ2v) is 6.45. The van der Waals surface area contributed by atoms with Crippen molar-refractivity contribution in [2.45, 2.75) is 6.54 Å². The summed E-state index contributed by atoms with van der Waals surface area (Å²) in [4.78, 5) is 32.6. The van der Waals surface area contributed by atoms with Crippen molar-refractivity contribution in [3.63, 3.8) is 0 Å². The van der Waals surface area contributed by atoms with E-state index in [0.29, 0.717) is 16.8 Å². The van der Waals surface area contributed by atoms with Gasteiger partial charge in [-0.1, -0.05) is 35.9 Å². The average molecular weight is 414 g/mol. The molecule has 2 aromatic carbocycles. The van der Waals surface area contributed by atoms with Gasteiger partial charge in [0.05, 0.1) is 16.9 Å². The molecule has 0 fully saturated rings. The number of anilines is 1. The largest absolute Gasteiger partial charge is 0.382 e. The van der Waals surface area contributed by atoms with E-state index >= 15 is 0 Å². The molecule has 2 amide bonds. The van der Waals surface area contributed by atoms with Crippen molar-refractivity contribution >= 4 is 29.2 Å². The van der Waals surface area contributed by atoms with Crippen LogP contribution in [0.1, 0.15) is 26.4 Å². The summed E-state index contributed by atoms with van der Waals surface area (Å²) < 4.78 is 14.0. The van der Waals surface area contributed by atoms with Crippen molar-refractivity contribution in [3.8, 4) is 11.3 Å². The van der Waals surface area contributed by atoms with Gasteiger partial charge in [0.1, 0.15) is 5.82 Å². The second-order valence-electron chi connectivity index (χ2n) is 6.04. The van der Waals surface area contributed by atoms with Crippen molar-refractivity contribution in [2.75, 3.05) is 12.8 Å². The molecule has 0 saturated carbocycles. The molecule has 148 valence electrons. The zero-order chi connectivity index (χ0) is 21.0. The molecule has 9 heteroatoms. The SMILES string of the molecule is CNC(=O)c1nc(-c2cccc(C(=O)NCc3cccc(Cl)c3F)c2)cnc1N. The minimum Gasteiger partial charge on any atom is -0.382 e. The second kappa shape index (κ2) is 8.66. The number of rotatable bonds is 5. The lowest BCUT2D eigenvalue weighted by Gasteiger charge is -2.09. The van der Waals surface area contributed by atoms with Crippen LogP contribution in [-0.2, 0) is 6.54 Å². The molecular formula is C20H17ClFN5O2. The fraction of sp³-hybridized carbons (Fsp3) is 0.100. The van der Waals surface area contributed by atoms with E-state index in [2.05, 4.69) is 20.6 Å². The lowest BCUT2D eigenvalue weighted by molar-refractivity contribution is 0.0945. The number of nitrogens with zero attached hydrogens (tertiary/aromatic N) is 2. The van der Waals surface area contributed by atoms with Crippen LogP contribution < -0.4 is 16.4 Å². The van der Waals surface area contributed by atoms with E-state index in [9.17, 15) is 14.0 Å². The Morgan fingerprint density at radius 3 is 2.69 bits per heavy atom. The first-order valence-electron chi connectivity index (χ1n) is 8.57. The van der Waals surface area contributed by atoms with Crippen molar-refractivity contribution in [3.05, 3.63) is 76.3 Å². The Kier molecular flexibility index (Phi) is 6.04. The summed E-state index contributed by atoms with van der Waals surface area (Å²) in [6.07, 6.45) is 1.42. The molecule has 1 heterocycles. The van der Waals surface area contributed by atoms with Crippen LogP contribution >= 0.6 is 11.6 Å². The maximum atomic E-state index is 14.0. The van der Waals surface area contributed by atoms with Gasteiger partial charge in [0, 0.05) is 30.3 Å². The van der Waals surface area contributed by atoms with Crippen LogP contribution in [-0.4, -0.2) is 28.8 Å². The van der Waals surface area contributed by atoms with Gasteiger partial charge in [0.25, 0.3) is 11.8 Å². The highest BCUT2D eigenvalue weighted by Gasteiger charge is 2.15. The normalized spacial score (nSPS) is 10.4. The van der Waals surface area contributed by atoms with E-state index in [1.807, 2.05) is 0 Å². The maximum absolute atomic E-state index is 14.0. The van der Waals surface area contributed by atoms with Crippen molar-refractivity contribution < 1.29 is 14.0 Å². The zero-order valence-electron chi connectivity index (χ0n) is 15.4. The van der Waals surface area contributed by atoms with E-state index in [-0.39, 0.29) is 28.6 Å². The lowest BCUT2D eigenvalue weighted by Crippen LogP contribution is -2.23. The smallest absolute Gasteiger partial charge is 0.273 e. The number of carbonyl (C=O) groups excluding carboxylic acids is 2. The summed E-state index contributed by atoms with van der Waals surface area (Å²) in [5, 5.41) is 5.09. The summed E-state index contributed by atoms with van der Waals surface area (Å²) in [6, 6.07) is 11.2. The molecule has 0 unspecified atom stereocenters. The van der Waals surface area contributed by atoms with Gasteiger partial charge in [0.2, 0.25) is 0 Å². The predicted octanol–water partition coefficient (Wildman–Crippen LogP) is 2.81. The minimum absolute atomic E-state index is 0.00344. The van der Waals surface area contributed by atoms with E-state index in [0.717, 1.165) is 0 Å². The van der Waals surface area contributed by atoms with Gasteiger partial charge < -0.3 is 16.4 Å². The zero-order valence-corrected chi connectivity index (χ0v) is 16.1. The van der Waals surface area contributed by atoms with Gasteiger partial charge in [-0.2, -0.15) is 0 Å². The molecule has 7 nitrogen and oxygen atoms in total. The first-order chi connectivity index (χ1) is 13.9. The van der Waals surface area contributed by atoms with Crippen LogP contribution in [0.15, 0.2) is 48.7 Å². The number of nitrogens with one attached hydrogen (secondary N) is 2. The molecule has 0 radical (unpaired) electrons.